The number of benzene rings is 3. The molecule has 2 fully saturated rings. The summed E-state index contributed by atoms with van der Waals surface area (Å²) in [6, 6.07) is 17.3. The molecule has 4 amide bonds. The maximum atomic E-state index is 14.2. The molecule has 1 aromatic heterocycles. The second-order valence-corrected chi connectivity index (χ2v) is 22.1. The Bertz CT molecular complexity index is 2700. The van der Waals surface area contributed by atoms with Gasteiger partial charge in [0.2, 0.25) is 17.7 Å². The lowest BCUT2D eigenvalue weighted by Gasteiger charge is -2.38. The average Bonchev–Trinajstić information content (AvgIpc) is 4.01. The number of aliphatic hydroxyl groups excluding tert-OH is 2. The van der Waals surface area contributed by atoms with Crippen LogP contribution in [0.3, 0.4) is 0 Å². The van der Waals surface area contributed by atoms with Gasteiger partial charge in [0.25, 0.3) is 5.91 Å². The van der Waals surface area contributed by atoms with Crippen LogP contribution in [-0.4, -0.2) is 105 Å². The SMILES string of the molecule is Cc1ncsc1-c1ccc(CNC(=O)[C@@H]2C[C@@H](O)CN2C(=O)[C@@H](NC(=O)C(C)(C)C(O)CCCOCCCCCOc2ccc(N3C(=S)N(c4ccc(C#N)c(C(F)(F)F)c4)C(=O)C3(C)C)cc2)C(C)(C)C)cc1. The Kier molecular flexibility index (Phi) is 18.4. The molecule has 0 saturated carbocycles. The molecule has 74 heavy (non-hydrogen) atoms. The number of nitrogens with one attached hydrogen (secondary N) is 2. The van der Waals surface area contributed by atoms with E-state index in [1.54, 1.807) is 79.8 Å². The third-order valence-electron chi connectivity index (χ3n) is 13.5. The van der Waals surface area contributed by atoms with Gasteiger partial charge in [0.15, 0.2) is 5.11 Å². The molecule has 3 aromatic carbocycles. The average molecular weight is 1060 g/mol. The van der Waals surface area contributed by atoms with E-state index in [2.05, 4.69) is 15.6 Å². The summed E-state index contributed by atoms with van der Waals surface area (Å²) in [6.07, 6.45) is -3.67. The number of aliphatic hydroxyl groups is 2. The Labute approximate surface area is 440 Å². The standard InChI is InChI=1S/C54H66F3N7O8S2/c1-33-44(74-32-60-33)35-16-14-34(15-17-35)30-59-46(67)42-28-39(65)31-62(42)47(68)45(51(2,3)4)61-48(69)52(5,6)43(66)13-12-25-71-24-10-9-11-26-72-40-22-20-37(21-23-40)64-50(73)63(49(70)53(64,7)8)38-19-18-36(29-58)41(27-38)54(55,56)57/h14-23,27,32,39,42-43,45,65-66H,9-13,24-26,28,30-31H2,1-8H3,(H,59,67)(H,61,69)/t39-,42+,43?,45-/m1/s1. The van der Waals surface area contributed by atoms with Crippen molar-refractivity contribution >= 4 is 63.7 Å². The number of alkyl halides is 3. The number of aromatic nitrogens is 1. The quantitative estimate of drug-likeness (QED) is 0.0460. The first-order valence-corrected chi connectivity index (χ1v) is 25.9. The maximum Gasteiger partial charge on any atom is 0.417 e. The van der Waals surface area contributed by atoms with E-state index in [9.17, 15) is 47.8 Å². The molecule has 4 atom stereocenters. The molecule has 0 aliphatic carbocycles. The molecule has 1 unspecified atom stereocenters. The van der Waals surface area contributed by atoms with Gasteiger partial charge in [-0.1, -0.05) is 45.0 Å². The highest BCUT2D eigenvalue weighted by molar-refractivity contribution is 7.81. The summed E-state index contributed by atoms with van der Waals surface area (Å²) < 4.78 is 52.9. The van der Waals surface area contributed by atoms with Gasteiger partial charge >= 0.3 is 6.18 Å². The number of aryl methyl sites for hydroxylation is 1. The molecule has 2 aliphatic heterocycles. The van der Waals surface area contributed by atoms with Gasteiger partial charge in [-0.25, -0.2) is 4.98 Å². The minimum Gasteiger partial charge on any atom is -0.494 e. The summed E-state index contributed by atoms with van der Waals surface area (Å²) in [5, 5.41) is 36.9. The number of rotatable bonds is 21. The summed E-state index contributed by atoms with van der Waals surface area (Å²) in [6.45, 7) is 15.3. The van der Waals surface area contributed by atoms with Gasteiger partial charge in [-0.3, -0.25) is 24.1 Å². The number of nitrogens with zero attached hydrogens (tertiary/aromatic N) is 5. The van der Waals surface area contributed by atoms with Crippen molar-refractivity contribution < 1.29 is 52.0 Å². The molecule has 4 N–H and O–H groups in total. The first kappa shape index (κ1) is 57.3. The Morgan fingerprint density at radius 3 is 2.23 bits per heavy atom. The predicted octanol–water partition coefficient (Wildman–Crippen LogP) is 8.47. The fourth-order valence-electron chi connectivity index (χ4n) is 8.91. The Morgan fingerprint density at radius 1 is 0.959 bits per heavy atom. The number of anilines is 2. The number of unbranched alkanes of at least 4 members (excludes halogenated alkanes) is 2. The number of amides is 4. The monoisotopic (exact) mass is 1060 g/mol. The highest BCUT2D eigenvalue weighted by Crippen LogP contribution is 2.40. The minimum absolute atomic E-state index is 0.00633. The van der Waals surface area contributed by atoms with Gasteiger partial charge in [-0.2, -0.15) is 18.4 Å². The van der Waals surface area contributed by atoms with Gasteiger partial charge in [0.05, 0.1) is 63.2 Å². The molecule has 4 aromatic rings. The van der Waals surface area contributed by atoms with Crippen molar-refractivity contribution in [3.05, 3.63) is 94.6 Å². The van der Waals surface area contributed by atoms with E-state index in [4.69, 9.17) is 21.7 Å². The van der Waals surface area contributed by atoms with Crippen LogP contribution in [0.2, 0.25) is 0 Å². The third kappa shape index (κ3) is 13.3. The number of hydrogen-bond acceptors (Lipinski definition) is 12. The van der Waals surface area contributed by atoms with Gasteiger partial charge < -0.3 is 40.1 Å². The van der Waals surface area contributed by atoms with E-state index in [1.165, 1.54) is 11.0 Å². The first-order valence-electron chi connectivity index (χ1n) is 24.6. The Balaban J connectivity index is 0.896. The molecule has 3 heterocycles. The first-order chi connectivity index (χ1) is 34.8. The van der Waals surface area contributed by atoms with Crippen LogP contribution in [0.4, 0.5) is 24.5 Å². The number of thiocarbonyl (C=S) groups is 1. The van der Waals surface area contributed by atoms with Gasteiger partial charge in [0, 0.05) is 38.4 Å². The normalized spacial score (nSPS) is 17.8. The topological polar surface area (TPSA) is 198 Å². The fourth-order valence-corrected chi connectivity index (χ4v) is 10.2. The smallest absolute Gasteiger partial charge is 0.417 e. The molecule has 20 heteroatoms. The van der Waals surface area contributed by atoms with Crippen LogP contribution in [0, 0.1) is 29.1 Å². The minimum atomic E-state index is -4.81. The van der Waals surface area contributed by atoms with E-state index < -0.39 is 81.6 Å². The van der Waals surface area contributed by atoms with Crippen LogP contribution in [0.25, 0.3) is 10.4 Å². The maximum absolute atomic E-state index is 14.2. The van der Waals surface area contributed by atoms with Crippen molar-refractivity contribution in [2.75, 3.05) is 36.2 Å². The summed E-state index contributed by atoms with van der Waals surface area (Å²) in [7, 11) is 0. The summed E-state index contributed by atoms with van der Waals surface area (Å²) in [5.74, 6) is -1.37. The lowest BCUT2D eigenvalue weighted by molar-refractivity contribution is -0.147. The molecule has 2 aliphatic rings. The van der Waals surface area contributed by atoms with Crippen molar-refractivity contribution in [1.82, 2.24) is 20.5 Å². The summed E-state index contributed by atoms with van der Waals surface area (Å²) in [4.78, 5) is 64.5. The van der Waals surface area contributed by atoms with Crippen LogP contribution in [0.1, 0.15) is 109 Å². The third-order valence-corrected chi connectivity index (χ3v) is 14.9. The van der Waals surface area contributed by atoms with Crippen molar-refractivity contribution in [2.24, 2.45) is 10.8 Å². The predicted molar refractivity (Wildman–Crippen MR) is 280 cm³/mol. The number of ether oxygens (including phenoxy) is 2. The molecule has 398 valence electrons. The lowest BCUT2D eigenvalue weighted by atomic mass is 9.80. The largest absolute Gasteiger partial charge is 0.494 e. The number of β-amino-alcohol motifs (C(OH)–C–C–N with tert-alkyl or cyclic N) is 1. The molecular weight excluding hydrogens is 996 g/mol. The number of thiazole rings is 1. The highest BCUT2D eigenvalue weighted by Gasteiger charge is 2.51. The second kappa shape index (κ2) is 23.7. The van der Waals surface area contributed by atoms with Crippen molar-refractivity contribution in [3.8, 4) is 22.3 Å². The second-order valence-electron chi connectivity index (χ2n) is 20.9. The van der Waals surface area contributed by atoms with Crippen molar-refractivity contribution in [2.45, 2.75) is 136 Å². The van der Waals surface area contributed by atoms with Gasteiger partial charge in [-0.15, -0.1) is 11.3 Å². The molecule has 0 bridgehead atoms. The van der Waals surface area contributed by atoms with Crippen LogP contribution in [0.15, 0.2) is 72.2 Å². The van der Waals surface area contributed by atoms with E-state index in [1.807, 2.05) is 52.0 Å². The Morgan fingerprint density at radius 2 is 1.61 bits per heavy atom. The van der Waals surface area contributed by atoms with Gasteiger partial charge in [-0.05, 0) is 138 Å². The zero-order valence-electron chi connectivity index (χ0n) is 43.0. The van der Waals surface area contributed by atoms with Crippen LogP contribution in [0.5, 0.6) is 5.75 Å². The zero-order valence-corrected chi connectivity index (χ0v) is 44.7. The lowest BCUT2D eigenvalue weighted by Crippen LogP contribution is -2.60. The molecule has 15 nitrogen and oxygen atoms in total. The number of carbonyl (C=O) groups is 4. The number of nitriles is 1. The molecule has 6 rings (SSSR count). The van der Waals surface area contributed by atoms with Crippen LogP contribution >= 0.6 is 23.6 Å². The van der Waals surface area contributed by atoms with E-state index in [0.29, 0.717) is 37.7 Å². The number of carbonyl (C=O) groups excluding carboxylic acids is 4. The molecular formula is C54H66F3N7O8S2. The van der Waals surface area contributed by atoms with Crippen molar-refractivity contribution in [3.63, 3.8) is 0 Å². The summed E-state index contributed by atoms with van der Waals surface area (Å²) >= 11 is 7.19. The summed E-state index contributed by atoms with van der Waals surface area (Å²) in [5.41, 5.74) is 0.0868. The molecule has 0 spiro atoms. The van der Waals surface area contributed by atoms with Crippen LogP contribution < -0.4 is 25.2 Å². The number of halogens is 3. The number of likely N-dealkylation sites (tertiary alicyclic amines) is 1. The van der Waals surface area contributed by atoms with Crippen LogP contribution in [-0.2, 0) is 36.6 Å². The Hall–Kier alpha value is -5.98. The van der Waals surface area contributed by atoms with E-state index in [0.717, 1.165) is 58.0 Å². The van der Waals surface area contributed by atoms with Crippen molar-refractivity contribution in [1.29, 1.82) is 5.26 Å². The number of hydrogen-bond donors (Lipinski definition) is 4. The van der Waals surface area contributed by atoms with Gasteiger partial charge in [0.1, 0.15) is 23.4 Å². The van der Waals surface area contributed by atoms with E-state index in [-0.39, 0.29) is 36.7 Å². The molecule has 2 saturated heterocycles. The fraction of sp³-hybridized carbons (Fsp3) is 0.500. The zero-order chi connectivity index (χ0) is 54.3. The highest BCUT2D eigenvalue weighted by atomic mass is 32.1. The molecule has 0 radical (unpaired) electrons. The van der Waals surface area contributed by atoms with E-state index >= 15 is 0 Å².